The molecular weight excluding hydrogens is 248 g/mol. The number of ketones is 1. The summed E-state index contributed by atoms with van der Waals surface area (Å²) >= 11 is 3.20. The van der Waals surface area contributed by atoms with Crippen molar-refractivity contribution in [3.05, 3.63) is 10.3 Å². The molecule has 76 valence electrons. The van der Waals surface area contributed by atoms with Gasteiger partial charge in [0.25, 0.3) is 0 Å². The van der Waals surface area contributed by atoms with Crippen LogP contribution in [0.4, 0.5) is 0 Å². The van der Waals surface area contributed by atoms with Gasteiger partial charge in [-0.2, -0.15) is 0 Å². The average Bonchev–Trinajstić information content (AvgIpc) is 2.90. The van der Waals surface area contributed by atoms with Gasteiger partial charge in [0, 0.05) is 13.1 Å². The lowest BCUT2D eigenvalue weighted by atomic mass is 10.3. The van der Waals surface area contributed by atoms with Crippen LogP contribution in [0.3, 0.4) is 0 Å². The molecule has 0 spiro atoms. The summed E-state index contributed by atoms with van der Waals surface area (Å²) in [6.07, 6.45) is 2.36. The fourth-order valence-corrected chi connectivity index (χ4v) is 1.78. The molecule has 0 aliphatic heterocycles. The normalized spacial score (nSPS) is 15.9. The van der Waals surface area contributed by atoms with Crippen molar-refractivity contribution >= 4 is 21.7 Å². The Kier molecular flexibility index (Phi) is 2.64. The number of Topliss-reactive ketones (excluding diaryl/α,β-unsaturated/α-hetero) is 1. The van der Waals surface area contributed by atoms with Crippen molar-refractivity contribution in [2.24, 2.45) is 7.05 Å². The molecule has 1 aromatic rings. The number of hydrogen-bond donors (Lipinski definition) is 1. The summed E-state index contributed by atoms with van der Waals surface area (Å²) in [4.78, 5) is 11.7. The van der Waals surface area contributed by atoms with Crippen LogP contribution in [0.1, 0.15) is 23.3 Å². The van der Waals surface area contributed by atoms with Gasteiger partial charge in [0.1, 0.15) is 5.69 Å². The van der Waals surface area contributed by atoms with E-state index in [1.807, 2.05) is 0 Å². The summed E-state index contributed by atoms with van der Waals surface area (Å²) in [5.74, 6) is 0.0243. The minimum atomic E-state index is 0.0243. The van der Waals surface area contributed by atoms with Gasteiger partial charge >= 0.3 is 0 Å². The molecule has 1 aliphatic rings. The van der Waals surface area contributed by atoms with Crippen molar-refractivity contribution in [1.82, 2.24) is 20.3 Å². The molecule has 1 aromatic heterocycles. The first-order valence-corrected chi connectivity index (χ1v) is 5.29. The highest BCUT2D eigenvalue weighted by atomic mass is 79.9. The molecule has 1 fully saturated rings. The minimum Gasteiger partial charge on any atom is -0.307 e. The predicted octanol–water partition coefficient (Wildman–Crippen LogP) is 0.512. The highest BCUT2D eigenvalue weighted by Gasteiger charge is 2.23. The van der Waals surface area contributed by atoms with E-state index >= 15 is 0 Å². The quantitative estimate of drug-likeness (QED) is 0.800. The monoisotopic (exact) mass is 258 g/mol. The van der Waals surface area contributed by atoms with E-state index in [2.05, 4.69) is 31.6 Å². The molecule has 0 bridgehead atoms. The largest absolute Gasteiger partial charge is 0.307 e. The average molecular weight is 259 g/mol. The van der Waals surface area contributed by atoms with Crippen molar-refractivity contribution in [2.45, 2.75) is 18.9 Å². The van der Waals surface area contributed by atoms with Gasteiger partial charge in [0.2, 0.25) is 0 Å². The van der Waals surface area contributed by atoms with E-state index < -0.39 is 0 Å². The highest BCUT2D eigenvalue weighted by molar-refractivity contribution is 9.10. The summed E-state index contributed by atoms with van der Waals surface area (Å²) < 4.78 is 2.00. The molecule has 6 heteroatoms. The van der Waals surface area contributed by atoms with E-state index in [0.717, 1.165) is 0 Å². The van der Waals surface area contributed by atoms with Crippen LogP contribution in [0.25, 0.3) is 0 Å². The number of carbonyl (C=O) groups excluding carboxylic acids is 1. The smallest absolute Gasteiger partial charge is 0.197 e. The van der Waals surface area contributed by atoms with Gasteiger partial charge in [-0.1, -0.05) is 5.21 Å². The second kappa shape index (κ2) is 3.78. The van der Waals surface area contributed by atoms with Gasteiger partial charge in [-0.25, -0.2) is 4.68 Å². The third-order valence-electron chi connectivity index (χ3n) is 2.18. The number of nitrogens with zero attached hydrogens (tertiary/aromatic N) is 3. The minimum absolute atomic E-state index is 0.0243. The van der Waals surface area contributed by atoms with Crippen molar-refractivity contribution in [3.63, 3.8) is 0 Å². The van der Waals surface area contributed by atoms with E-state index in [1.54, 1.807) is 7.05 Å². The Morgan fingerprint density at radius 2 is 2.43 bits per heavy atom. The summed E-state index contributed by atoms with van der Waals surface area (Å²) in [5.41, 5.74) is 0.526. The lowest BCUT2D eigenvalue weighted by Gasteiger charge is -2.01. The number of nitrogens with one attached hydrogen (secondary N) is 1. The third-order valence-corrected chi connectivity index (χ3v) is 2.71. The Labute approximate surface area is 90.0 Å². The van der Waals surface area contributed by atoms with Crippen molar-refractivity contribution in [3.8, 4) is 0 Å². The molecule has 1 aliphatic carbocycles. The number of hydrogen-bond acceptors (Lipinski definition) is 4. The number of carbonyl (C=O) groups is 1. The zero-order valence-electron chi connectivity index (χ0n) is 7.83. The first kappa shape index (κ1) is 9.79. The van der Waals surface area contributed by atoms with E-state index in [9.17, 15) is 4.79 Å². The lowest BCUT2D eigenvalue weighted by molar-refractivity contribution is 0.0981. The van der Waals surface area contributed by atoms with E-state index in [0.29, 0.717) is 22.9 Å². The molecule has 2 rings (SSSR count). The van der Waals surface area contributed by atoms with E-state index in [4.69, 9.17) is 0 Å². The van der Waals surface area contributed by atoms with Crippen LogP contribution in [0.15, 0.2) is 4.60 Å². The van der Waals surface area contributed by atoms with Crippen molar-refractivity contribution in [1.29, 1.82) is 0 Å². The summed E-state index contributed by atoms with van der Waals surface area (Å²) in [6.45, 7) is 0.366. The molecule has 1 N–H and O–H groups in total. The number of aromatic nitrogens is 3. The third kappa shape index (κ3) is 2.01. The fraction of sp³-hybridized carbons (Fsp3) is 0.625. The van der Waals surface area contributed by atoms with E-state index in [1.165, 1.54) is 17.5 Å². The summed E-state index contributed by atoms with van der Waals surface area (Å²) in [5, 5.41) is 10.7. The van der Waals surface area contributed by atoms with Gasteiger partial charge in [-0.3, -0.25) is 4.79 Å². The molecule has 0 atom stereocenters. The van der Waals surface area contributed by atoms with Crippen LogP contribution in [-0.2, 0) is 7.05 Å². The van der Waals surface area contributed by atoms with Gasteiger partial charge in [0.15, 0.2) is 10.4 Å². The molecule has 0 unspecified atom stereocenters. The van der Waals surface area contributed by atoms with Crippen LogP contribution in [0.5, 0.6) is 0 Å². The standard InChI is InChI=1S/C8H11BrN4O/c1-13-7(8(9)11-12-13)6(14)4-10-5-2-3-5/h5,10H,2-4H2,1H3. The number of aryl methyl sites for hydroxylation is 1. The zero-order valence-corrected chi connectivity index (χ0v) is 9.41. The topological polar surface area (TPSA) is 59.8 Å². The highest BCUT2D eigenvalue weighted by Crippen LogP contribution is 2.19. The Hall–Kier alpha value is -0.750. The SMILES string of the molecule is Cn1nnc(Br)c1C(=O)CNC1CC1. The molecule has 1 saturated carbocycles. The Balaban J connectivity index is 2.01. The predicted molar refractivity (Wildman–Crippen MR) is 54.1 cm³/mol. The van der Waals surface area contributed by atoms with Gasteiger partial charge < -0.3 is 5.32 Å². The van der Waals surface area contributed by atoms with Crippen molar-refractivity contribution < 1.29 is 4.79 Å². The van der Waals surface area contributed by atoms with Crippen LogP contribution < -0.4 is 5.32 Å². The van der Waals surface area contributed by atoms with Gasteiger partial charge in [-0.15, -0.1) is 5.10 Å². The maximum absolute atomic E-state index is 11.7. The Morgan fingerprint density at radius 1 is 1.71 bits per heavy atom. The van der Waals surface area contributed by atoms with Crippen molar-refractivity contribution in [2.75, 3.05) is 6.54 Å². The van der Waals surface area contributed by atoms with Crippen LogP contribution in [0.2, 0.25) is 0 Å². The first-order chi connectivity index (χ1) is 6.68. The zero-order chi connectivity index (χ0) is 10.1. The maximum Gasteiger partial charge on any atom is 0.197 e. The number of rotatable bonds is 4. The molecule has 0 saturated heterocycles. The fourth-order valence-electron chi connectivity index (χ4n) is 1.24. The van der Waals surface area contributed by atoms with Crippen LogP contribution >= 0.6 is 15.9 Å². The summed E-state index contributed by atoms with van der Waals surface area (Å²) in [6, 6.07) is 0.541. The summed E-state index contributed by atoms with van der Waals surface area (Å²) in [7, 11) is 1.71. The first-order valence-electron chi connectivity index (χ1n) is 4.50. The molecule has 0 amide bonds. The van der Waals surface area contributed by atoms with Gasteiger partial charge in [-0.05, 0) is 28.8 Å². The Bertz CT molecular complexity index is 339. The van der Waals surface area contributed by atoms with E-state index in [-0.39, 0.29) is 5.78 Å². The molecule has 0 radical (unpaired) electrons. The lowest BCUT2D eigenvalue weighted by Crippen LogP contribution is -2.26. The second-order valence-corrected chi connectivity index (χ2v) is 4.18. The van der Waals surface area contributed by atoms with Gasteiger partial charge in [0.05, 0.1) is 6.54 Å². The molecule has 14 heavy (non-hydrogen) atoms. The number of halogens is 1. The van der Waals surface area contributed by atoms with Crippen LogP contribution in [-0.4, -0.2) is 33.4 Å². The molecular formula is C8H11BrN4O. The Morgan fingerprint density at radius 3 is 2.93 bits per heavy atom. The maximum atomic E-state index is 11.7. The molecule has 0 aromatic carbocycles. The second-order valence-electron chi connectivity index (χ2n) is 3.43. The van der Waals surface area contributed by atoms with Crippen LogP contribution in [0, 0.1) is 0 Å². The molecule has 1 heterocycles. The molecule has 5 nitrogen and oxygen atoms in total.